The Morgan fingerprint density at radius 3 is 2.95 bits per heavy atom. The van der Waals surface area contributed by atoms with Crippen LogP contribution in [0.2, 0.25) is 5.02 Å². The van der Waals surface area contributed by atoms with Crippen molar-refractivity contribution in [3.05, 3.63) is 22.8 Å². The quantitative estimate of drug-likeness (QED) is 0.656. The molecule has 2 aliphatic heterocycles. The van der Waals surface area contributed by atoms with E-state index in [1.165, 1.54) is 19.3 Å². The summed E-state index contributed by atoms with van der Waals surface area (Å²) in [5, 5.41) is 0.715. The van der Waals surface area contributed by atoms with E-state index in [2.05, 4.69) is 27.3 Å². The van der Waals surface area contributed by atoms with Gasteiger partial charge in [0.25, 0.3) is 0 Å². The Morgan fingerprint density at radius 1 is 1.35 bits per heavy atom. The summed E-state index contributed by atoms with van der Waals surface area (Å²) in [5.74, 6) is 6.08. The van der Waals surface area contributed by atoms with Crippen LogP contribution in [-0.4, -0.2) is 47.0 Å². The molecule has 0 amide bonds. The summed E-state index contributed by atoms with van der Waals surface area (Å²) < 4.78 is 0. The van der Waals surface area contributed by atoms with Crippen LogP contribution in [-0.2, 0) is 6.54 Å². The van der Waals surface area contributed by atoms with Crippen LogP contribution in [0.3, 0.4) is 0 Å². The molecule has 2 aliphatic rings. The van der Waals surface area contributed by atoms with Gasteiger partial charge in [0.05, 0.1) is 10.7 Å². The van der Waals surface area contributed by atoms with Crippen LogP contribution in [0.4, 0.5) is 5.82 Å². The highest BCUT2D eigenvalue weighted by atomic mass is 35.5. The number of nitrogens with two attached hydrogens (primary N) is 1. The molecule has 5 nitrogen and oxygen atoms in total. The van der Waals surface area contributed by atoms with Crippen molar-refractivity contribution in [2.75, 3.05) is 25.6 Å². The third-order valence-corrected chi connectivity index (χ3v) is 5.02. The molecule has 3 N–H and O–H groups in total. The molecule has 2 bridgehead atoms. The lowest BCUT2D eigenvalue weighted by atomic mass is 10.1. The molecule has 1 aromatic rings. The number of rotatable bonds is 3. The molecule has 0 aliphatic carbocycles. The molecule has 0 saturated carbocycles. The molecule has 2 unspecified atom stereocenters. The topological polar surface area (TPSA) is 57.4 Å². The third kappa shape index (κ3) is 2.76. The van der Waals surface area contributed by atoms with E-state index in [0.717, 1.165) is 31.4 Å². The number of pyridine rings is 1. The Bertz CT molecular complexity index is 481. The highest BCUT2D eigenvalue weighted by Crippen LogP contribution is 2.29. The minimum absolute atomic E-state index is 0.665. The van der Waals surface area contributed by atoms with Gasteiger partial charge >= 0.3 is 0 Å². The first kappa shape index (κ1) is 14.1. The van der Waals surface area contributed by atoms with Crippen LogP contribution >= 0.6 is 11.6 Å². The first-order chi connectivity index (χ1) is 9.67. The van der Waals surface area contributed by atoms with Crippen molar-refractivity contribution in [2.24, 2.45) is 5.84 Å². The number of likely N-dealkylation sites (tertiary alicyclic amines) is 1. The summed E-state index contributed by atoms with van der Waals surface area (Å²) in [7, 11) is 2.26. The maximum Gasteiger partial charge on any atom is 0.140 e. The van der Waals surface area contributed by atoms with Gasteiger partial charge in [-0.3, -0.25) is 9.80 Å². The number of likely N-dealkylation sites (N-methyl/N-ethyl adjacent to an activating group) is 1. The van der Waals surface area contributed by atoms with Gasteiger partial charge in [-0.05, 0) is 38.4 Å². The molecule has 0 radical (unpaired) electrons. The Hall–Kier alpha value is -0.880. The molecule has 2 atom stereocenters. The highest BCUT2D eigenvalue weighted by molar-refractivity contribution is 6.31. The summed E-state index contributed by atoms with van der Waals surface area (Å²) in [6.07, 6.45) is 3.89. The number of hydrazine groups is 1. The van der Waals surface area contributed by atoms with Crippen molar-refractivity contribution in [2.45, 2.75) is 37.9 Å². The molecular formula is C14H22ClN5. The molecule has 3 heterocycles. The number of aromatic nitrogens is 1. The van der Waals surface area contributed by atoms with Gasteiger partial charge in [-0.25, -0.2) is 10.8 Å². The molecule has 0 spiro atoms. The minimum Gasteiger partial charge on any atom is -0.308 e. The van der Waals surface area contributed by atoms with E-state index in [1.54, 1.807) is 6.07 Å². The van der Waals surface area contributed by atoms with E-state index in [9.17, 15) is 0 Å². The SMILES string of the molecule is CN1C2CCC1CN(Cc1nc(NN)ccc1Cl)CC2. The molecule has 20 heavy (non-hydrogen) atoms. The van der Waals surface area contributed by atoms with Crippen molar-refractivity contribution in [1.29, 1.82) is 0 Å². The summed E-state index contributed by atoms with van der Waals surface area (Å²) in [6.45, 7) is 3.01. The summed E-state index contributed by atoms with van der Waals surface area (Å²) in [6, 6.07) is 5.08. The van der Waals surface area contributed by atoms with Gasteiger partial charge in [-0.1, -0.05) is 11.6 Å². The van der Waals surface area contributed by atoms with E-state index in [-0.39, 0.29) is 0 Å². The van der Waals surface area contributed by atoms with Crippen LogP contribution < -0.4 is 11.3 Å². The number of halogens is 1. The van der Waals surface area contributed by atoms with E-state index in [4.69, 9.17) is 17.4 Å². The second kappa shape index (κ2) is 5.85. The Kier molecular flexibility index (Phi) is 4.12. The Morgan fingerprint density at radius 2 is 2.15 bits per heavy atom. The minimum atomic E-state index is 0.665. The maximum atomic E-state index is 6.25. The van der Waals surface area contributed by atoms with Gasteiger partial charge in [-0.2, -0.15) is 0 Å². The van der Waals surface area contributed by atoms with Crippen LogP contribution in [0.25, 0.3) is 0 Å². The standard InChI is InChI=1S/C14H22ClN5/c1-19-10-2-3-11(19)8-20(7-6-10)9-13-12(15)4-5-14(17-13)18-16/h4-5,10-11H,2-3,6-9,16H2,1H3,(H,17,18). The van der Waals surface area contributed by atoms with E-state index < -0.39 is 0 Å². The summed E-state index contributed by atoms with van der Waals surface area (Å²) in [4.78, 5) is 9.49. The smallest absolute Gasteiger partial charge is 0.140 e. The highest BCUT2D eigenvalue weighted by Gasteiger charge is 2.34. The zero-order chi connectivity index (χ0) is 14.1. The number of nitrogens with one attached hydrogen (secondary N) is 1. The van der Waals surface area contributed by atoms with Crippen LogP contribution in [0.1, 0.15) is 25.0 Å². The number of nitrogen functional groups attached to an aromatic ring is 1. The van der Waals surface area contributed by atoms with Gasteiger partial charge in [0.1, 0.15) is 5.82 Å². The fraction of sp³-hybridized carbons (Fsp3) is 0.643. The summed E-state index contributed by atoms with van der Waals surface area (Å²) >= 11 is 6.25. The third-order valence-electron chi connectivity index (χ3n) is 4.67. The molecule has 6 heteroatoms. The molecule has 2 fully saturated rings. The fourth-order valence-corrected chi connectivity index (χ4v) is 3.58. The molecule has 110 valence electrons. The second-order valence-corrected chi connectivity index (χ2v) is 6.25. The van der Waals surface area contributed by atoms with Crippen molar-refractivity contribution in [3.8, 4) is 0 Å². The van der Waals surface area contributed by atoms with E-state index in [0.29, 0.717) is 16.9 Å². The number of nitrogens with zero attached hydrogens (tertiary/aromatic N) is 3. The predicted octanol–water partition coefficient (Wildman–Crippen LogP) is 1.69. The molecular weight excluding hydrogens is 274 g/mol. The van der Waals surface area contributed by atoms with E-state index in [1.807, 2.05) is 6.07 Å². The zero-order valence-corrected chi connectivity index (χ0v) is 12.6. The molecule has 1 aromatic heterocycles. The average Bonchev–Trinajstić information content (AvgIpc) is 2.69. The number of hydrogen-bond acceptors (Lipinski definition) is 5. The van der Waals surface area contributed by atoms with Crippen molar-refractivity contribution >= 4 is 17.4 Å². The Balaban J connectivity index is 1.72. The summed E-state index contributed by atoms with van der Waals surface area (Å²) in [5.41, 5.74) is 3.49. The average molecular weight is 296 g/mol. The maximum absolute atomic E-state index is 6.25. The first-order valence-corrected chi connectivity index (χ1v) is 7.61. The number of hydrogen-bond donors (Lipinski definition) is 2. The first-order valence-electron chi connectivity index (χ1n) is 7.23. The lowest BCUT2D eigenvalue weighted by Crippen LogP contribution is -2.36. The monoisotopic (exact) mass is 295 g/mol. The number of anilines is 1. The Labute approximate surface area is 125 Å². The second-order valence-electron chi connectivity index (χ2n) is 5.84. The van der Waals surface area contributed by atoms with E-state index >= 15 is 0 Å². The van der Waals surface area contributed by atoms with Crippen LogP contribution in [0.5, 0.6) is 0 Å². The lowest BCUT2D eigenvalue weighted by Gasteiger charge is -2.25. The number of fused-ring (bicyclic) bond motifs is 2. The normalized spacial score (nSPS) is 27.6. The largest absolute Gasteiger partial charge is 0.308 e. The molecule has 3 rings (SSSR count). The zero-order valence-electron chi connectivity index (χ0n) is 11.8. The van der Waals surface area contributed by atoms with Gasteiger partial charge in [0, 0.05) is 31.7 Å². The lowest BCUT2D eigenvalue weighted by molar-refractivity contribution is 0.213. The van der Waals surface area contributed by atoms with Gasteiger partial charge in [0.2, 0.25) is 0 Å². The van der Waals surface area contributed by atoms with Crippen molar-refractivity contribution in [1.82, 2.24) is 14.8 Å². The molecule has 0 aromatic carbocycles. The van der Waals surface area contributed by atoms with Gasteiger partial charge in [-0.15, -0.1) is 0 Å². The molecule has 2 saturated heterocycles. The fourth-order valence-electron chi connectivity index (χ4n) is 3.41. The predicted molar refractivity (Wildman–Crippen MR) is 81.5 cm³/mol. The van der Waals surface area contributed by atoms with Crippen molar-refractivity contribution < 1.29 is 0 Å². The van der Waals surface area contributed by atoms with Gasteiger partial charge in [0.15, 0.2) is 0 Å². The van der Waals surface area contributed by atoms with Crippen LogP contribution in [0, 0.1) is 0 Å². The van der Waals surface area contributed by atoms with Crippen molar-refractivity contribution in [3.63, 3.8) is 0 Å². The van der Waals surface area contributed by atoms with Gasteiger partial charge < -0.3 is 5.43 Å². The van der Waals surface area contributed by atoms with Crippen LogP contribution in [0.15, 0.2) is 12.1 Å².